The Kier molecular flexibility index (Phi) is 6.27. The van der Waals surface area contributed by atoms with E-state index in [1.807, 2.05) is 31.2 Å². The van der Waals surface area contributed by atoms with Crippen LogP contribution in [0, 0.1) is 11.8 Å². The molecule has 1 aliphatic heterocycles. The molecule has 0 aromatic heterocycles. The van der Waals surface area contributed by atoms with Gasteiger partial charge in [-0.15, -0.1) is 12.4 Å². The Morgan fingerprint density at radius 3 is 2.70 bits per heavy atom. The van der Waals surface area contributed by atoms with Crippen LogP contribution in [0.5, 0.6) is 5.75 Å². The van der Waals surface area contributed by atoms with Crippen LogP contribution in [-0.4, -0.2) is 43.1 Å². The average Bonchev–Trinajstić information content (AvgIpc) is 3.03. The molecule has 2 aliphatic rings. The van der Waals surface area contributed by atoms with E-state index in [0.29, 0.717) is 31.0 Å². The van der Waals surface area contributed by atoms with Crippen LogP contribution in [0.1, 0.15) is 19.8 Å². The molecule has 1 aromatic rings. The molecule has 1 aromatic carbocycles. The van der Waals surface area contributed by atoms with Gasteiger partial charge in [-0.1, -0.05) is 0 Å². The largest absolute Gasteiger partial charge is 0.494 e. The number of hydrogen-bond donors (Lipinski definition) is 2. The summed E-state index contributed by atoms with van der Waals surface area (Å²) in [5, 5.41) is 2.95. The second-order valence-corrected chi connectivity index (χ2v) is 6.36. The van der Waals surface area contributed by atoms with Crippen molar-refractivity contribution in [2.24, 2.45) is 17.6 Å². The van der Waals surface area contributed by atoms with E-state index in [9.17, 15) is 4.79 Å². The zero-order chi connectivity index (χ0) is 15.5. The summed E-state index contributed by atoms with van der Waals surface area (Å²) in [6.45, 7) is 5.02. The highest BCUT2D eigenvalue weighted by molar-refractivity contribution is 5.92. The number of nitrogens with one attached hydrogen (secondary N) is 1. The fraction of sp³-hybridized carbons (Fsp3) is 0.588. The van der Waals surface area contributed by atoms with Gasteiger partial charge in [-0.05, 0) is 55.9 Å². The molecule has 2 fully saturated rings. The second-order valence-electron chi connectivity index (χ2n) is 6.36. The smallest absolute Gasteiger partial charge is 0.238 e. The lowest BCUT2D eigenvalue weighted by molar-refractivity contribution is -0.117. The van der Waals surface area contributed by atoms with E-state index in [0.717, 1.165) is 30.9 Å². The van der Waals surface area contributed by atoms with Crippen molar-refractivity contribution >= 4 is 24.0 Å². The molecule has 1 aliphatic carbocycles. The van der Waals surface area contributed by atoms with Crippen molar-refractivity contribution in [3.8, 4) is 5.75 Å². The molecule has 1 amide bonds. The van der Waals surface area contributed by atoms with Gasteiger partial charge in [0.1, 0.15) is 5.75 Å². The van der Waals surface area contributed by atoms with E-state index in [4.69, 9.17) is 10.5 Å². The quantitative estimate of drug-likeness (QED) is 0.862. The number of rotatable bonds is 5. The van der Waals surface area contributed by atoms with Crippen LogP contribution < -0.4 is 15.8 Å². The lowest BCUT2D eigenvalue weighted by atomic mass is 9.98. The number of carbonyl (C=O) groups is 1. The molecule has 5 nitrogen and oxygen atoms in total. The fourth-order valence-electron chi connectivity index (χ4n) is 3.73. The summed E-state index contributed by atoms with van der Waals surface area (Å²) in [7, 11) is 0. The SMILES string of the molecule is CCOc1ccc(NC(=O)CN2CC3CCC(N)C3C2)cc1.Cl. The van der Waals surface area contributed by atoms with Crippen LogP contribution >= 0.6 is 12.4 Å². The maximum atomic E-state index is 12.2. The van der Waals surface area contributed by atoms with E-state index in [1.165, 1.54) is 6.42 Å². The Bertz CT molecular complexity index is 523. The molecule has 0 spiro atoms. The maximum absolute atomic E-state index is 12.2. The van der Waals surface area contributed by atoms with Crippen LogP contribution in [0.25, 0.3) is 0 Å². The molecule has 3 atom stereocenters. The molecular formula is C17H26ClN3O2. The van der Waals surface area contributed by atoms with Crippen LogP contribution in [-0.2, 0) is 4.79 Å². The second kappa shape index (κ2) is 7.99. The third-order valence-corrected chi connectivity index (χ3v) is 4.80. The van der Waals surface area contributed by atoms with Crippen molar-refractivity contribution in [2.45, 2.75) is 25.8 Å². The van der Waals surface area contributed by atoms with Crippen molar-refractivity contribution in [1.82, 2.24) is 4.90 Å². The Hall–Kier alpha value is -1.30. The molecule has 1 saturated carbocycles. The summed E-state index contributed by atoms with van der Waals surface area (Å²) < 4.78 is 5.39. The molecule has 3 N–H and O–H groups in total. The number of anilines is 1. The number of benzene rings is 1. The first-order valence-electron chi connectivity index (χ1n) is 8.16. The molecule has 128 valence electrons. The van der Waals surface area contributed by atoms with Gasteiger partial charge < -0.3 is 15.8 Å². The minimum atomic E-state index is 0. The molecule has 3 unspecified atom stereocenters. The molecule has 6 heteroatoms. The average molecular weight is 340 g/mol. The standard InChI is InChI=1S/C17H25N3O2.ClH/c1-2-22-14-6-4-13(5-7-14)19-17(21)11-20-9-12-3-8-16(18)15(12)10-20;/h4-7,12,15-16H,2-3,8-11,18H2,1H3,(H,19,21);1H. The molecule has 23 heavy (non-hydrogen) atoms. The third-order valence-electron chi connectivity index (χ3n) is 4.80. The topological polar surface area (TPSA) is 67.6 Å². The Morgan fingerprint density at radius 1 is 1.30 bits per heavy atom. The Labute approximate surface area is 144 Å². The normalized spacial score (nSPS) is 26.4. The zero-order valence-corrected chi connectivity index (χ0v) is 14.3. The predicted molar refractivity (Wildman–Crippen MR) is 94.1 cm³/mol. The van der Waals surface area contributed by atoms with E-state index in [1.54, 1.807) is 0 Å². The summed E-state index contributed by atoms with van der Waals surface area (Å²) in [5.74, 6) is 2.13. The summed E-state index contributed by atoms with van der Waals surface area (Å²) in [6.07, 6.45) is 2.35. The minimum Gasteiger partial charge on any atom is -0.494 e. The predicted octanol–water partition coefficient (Wildman–Crippen LogP) is 2.11. The van der Waals surface area contributed by atoms with Crippen LogP contribution in [0.4, 0.5) is 5.69 Å². The molecule has 3 rings (SSSR count). The van der Waals surface area contributed by atoms with E-state index in [-0.39, 0.29) is 18.3 Å². The third kappa shape index (κ3) is 4.37. The minimum absolute atomic E-state index is 0. The number of nitrogens with two attached hydrogens (primary N) is 1. The Morgan fingerprint density at radius 2 is 2.04 bits per heavy atom. The monoisotopic (exact) mass is 339 g/mol. The molecule has 0 bridgehead atoms. The lowest BCUT2D eigenvalue weighted by Crippen LogP contribution is -2.34. The van der Waals surface area contributed by atoms with Gasteiger partial charge in [-0.2, -0.15) is 0 Å². The van der Waals surface area contributed by atoms with Crippen molar-refractivity contribution in [3.05, 3.63) is 24.3 Å². The molecular weight excluding hydrogens is 314 g/mol. The Balaban J connectivity index is 0.00000192. The molecule has 1 saturated heterocycles. The first kappa shape index (κ1) is 18.0. The first-order chi connectivity index (χ1) is 10.7. The van der Waals surface area contributed by atoms with Gasteiger partial charge in [-0.25, -0.2) is 0 Å². The highest BCUT2D eigenvalue weighted by atomic mass is 35.5. The van der Waals surface area contributed by atoms with Gasteiger partial charge in [0.2, 0.25) is 5.91 Å². The van der Waals surface area contributed by atoms with Gasteiger partial charge in [0.15, 0.2) is 0 Å². The number of nitrogens with zero attached hydrogens (tertiary/aromatic N) is 1. The van der Waals surface area contributed by atoms with Gasteiger partial charge in [0.25, 0.3) is 0 Å². The van der Waals surface area contributed by atoms with Crippen LogP contribution in [0.3, 0.4) is 0 Å². The van der Waals surface area contributed by atoms with Gasteiger partial charge in [-0.3, -0.25) is 9.69 Å². The highest BCUT2D eigenvalue weighted by Gasteiger charge is 2.41. The number of hydrogen-bond acceptors (Lipinski definition) is 4. The first-order valence-corrected chi connectivity index (χ1v) is 8.16. The van der Waals surface area contributed by atoms with E-state index in [2.05, 4.69) is 10.2 Å². The fourth-order valence-corrected chi connectivity index (χ4v) is 3.73. The number of ether oxygens (including phenoxy) is 1. The van der Waals surface area contributed by atoms with Crippen molar-refractivity contribution in [3.63, 3.8) is 0 Å². The van der Waals surface area contributed by atoms with Crippen LogP contribution in [0.2, 0.25) is 0 Å². The van der Waals surface area contributed by atoms with Gasteiger partial charge >= 0.3 is 0 Å². The number of amides is 1. The van der Waals surface area contributed by atoms with Gasteiger partial charge in [0, 0.05) is 24.8 Å². The summed E-state index contributed by atoms with van der Waals surface area (Å²) >= 11 is 0. The van der Waals surface area contributed by atoms with Gasteiger partial charge in [0.05, 0.1) is 13.2 Å². The van der Waals surface area contributed by atoms with Crippen molar-refractivity contribution < 1.29 is 9.53 Å². The summed E-state index contributed by atoms with van der Waals surface area (Å²) in [4.78, 5) is 14.4. The molecule has 1 heterocycles. The summed E-state index contributed by atoms with van der Waals surface area (Å²) in [5.41, 5.74) is 6.95. The number of likely N-dealkylation sites (tertiary alicyclic amines) is 1. The highest BCUT2D eigenvalue weighted by Crippen LogP contribution is 2.36. The van der Waals surface area contributed by atoms with Crippen molar-refractivity contribution in [1.29, 1.82) is 0 Å². The number of carbonyl (C=O) groups excluding carboxylic acids is 1. The number of fused-ring (bicyclic) bond motifs is 1. The summed E-state index contributed by atoms with van der Waals surface area (Å²) in [6, 6.07) is 7.82. The zero-order valence-electron chi connectivity index (χ0n) is 13.5. The van der Waals surface area contributed by atoms with E-state index < -0.39 is 0 Å². The van der Waals surface area contributed by atoms with Crippen molar-refractivity contribution in [2.75, 3.05) is 31.6 Å². The number of halogens is 1. The van der Waals surface area contributed by atoms with E-state index >= 15 is 0 Å². The van der Waals surface area contributed by atoms with Crippen LogP contribution in [0.15, 0.2) is 24.3 Å². The molecule has 0 radical (unpaired) electrons. The maximum Gasteiger partial charge on any atom is 0.238 e. The lowest BCUT2D eigenvalue weighted by Gasteiger charge is -2.18.